The van der Waals surface area contributed by atoms with Gasteiger partial charge in [0, 0.05) is 0 Å². The van der Waals surface area contributed by atoms with Gasteiger partial charge in [-0.3, -0.25) is 4.79 Å². The molecule has 0 aromatic carbocycles. The van der Waals surface area contributed by atoms with Gasteiger partial charge >= 0.3 is 11.9 Å². The Morgan fingerprint density at radius 3 is 2.20 bits per heavy atom. The van der Waals surface area contributed by atoms with Crippen molar-refractivity contribution >= 4 is 11.9 Å². The van der Waals surface area contributed by atoms with Crippen LogP contribution in [0.15, 0.2) is 0 Å². The number of aliphatic hydroxyl groups is 1. The predicted octanol–water partition coefficient (Wildman–Crippen LogP) is 0.800. The fraction of sp³-hybridized carbons (Fsp3) is 0.800. The Kier molecular flexibility index (Phi) is 5.93. The van der Waals surface area contributed by atoms with Gasteiger partial charge < -0.3 is 14.9 Å². The van der Waals surface area contributed by atoms with Gasteiger partial charge in [-0.2, -0.15) is 0 Å². The summed E-state index contributed by atoms with van der Waals surface area (Å²) >= 11 is 0. The molecule has 2 unspecified atom stereocenters. The molecule has 0 fully saturated rings. The SMILES string of the molecule is CC(C)CC(C)OC(=O)C(O)CC(=O)O. The molecule has 0 bridgehead atoms. The van der Waals surface area contributed by atoms with Crippen molar-refractivity contribution < 1.29 is 24.5 Å². The van der Waals surface area contributed by atoms with Crippen LogP contribution in [0.5, 0.6) is 0 Å². The van der Waals surface area contributed by atoms with E-state index in [0.29, 0.717) is 12.3 Å². The number of hydrogen-bond donors (Lipinski definition) is 2. The number of carboxylic acids is 1. The molecule has 0 saturated carbocycles. The van der Waals surface area contributed by atoms with Crippen molar-refractivity contribution in [2.45, 2.75) is 45.8 Å². The zero-order valence-electron chi connectivity index (χ0n) is 9.27. The van der Waals surface area contributed by atoms with Gasteiger partial charge in [0.25, 0.3) is 0 Å². The van der Waals surface area contributed by atoms with E-state index in [-0.39, 0.29) is 6.10 Å². The number of esters is 1. The van der Waals surface area contributed by atoms with Crippen molar-refractivity contribution in [3.8, 4) is 0 Å². The number of rotatable bonds is 6. The van der Waals surface area contributed by atoms with Crippen LogP contribution in [-0.4, -0.2) is 34.4 Å². The molecule has 2 N–H and O–H groups in total. The summed E-state index contributed by atoms with van der Waals surface area (Å²) < 4.78 is 4.87. The maximum absolute atomic E-state index is 11.1. The third-order valence-electron chi connectivity index (χ3n) is 1.76. The summed E-state index contributed by atoms with van der Waals surface area (Å²) in [5.41, 5.74) is 0. The van der Waals surface area contributed by atoms with E-state index in [1.54, 1.807) is 6.92 Å². The molecule has 88 valence electrons. The maximum atomic E-state index is 11.1. The largest absolute Gasteiger partial charge is 0.481 e. The molecule has 2 atom stereocenters. The molecular formula is C10H18O5. The number of carbonyl (C=O) groups is 2. The first-order valence-corrected chi connectivity index (χ1v) is 4.93. The molecule has 0 aromatic heterocycles. The monoisotopic (exact) mass is 218 g/mol. The Labute approximate surface area is 89.0 Å². The van der Waals surface area contributed by atoms with Crippen molar-refractivity contribution in [2.24, 2.45) is 5.92 Å². The van der Waals surface area contributed by atoms with Gasteiger partial charge in [0.1, 0.15) is 0 Å². The first-order valence-electron chi connectivity index (χ1n) is 4.93. The summed E-state index contributed by atoms with van der Waals surface area (Å²) in [6.45, 7) is 5.68. The van der Waals surface area contributed by atoms with Crippen LogP contribution in [0.2, 0.25) is 0 Å². The molecule has 0 aliphatic heterocycles. The van der Waals surface area contributed by atoms with Crippen LogP contribution in [0.25, 0.3) is 0 Å². The summed E-state index contributed by atoms with van der Waals surface area (Å²) in [6, 6.07) is 0. The summed E-state index contributed by atoms with van der Waals surface area (Å²) in [5, 5.41) is 17.5. The second-order valence-corrected chi connectivity index (χ2v) is 3.99. The molecule has 0 aliphatic rings. The fourth-order valence-electron chi connectivity index (χ4n) is 1.24. The van der Waals surface area contributed by atoms with E-state index < -0.39 is 24.5 Å². The second kappa shape index (κ2) is 6.40. The van der Waals surface area contributed by atoms with Gasteiger partial charge in [-0.25, -0.2) is 4.79 Å². The third-order valence-corrected chi connectivity index (χ3v) is 1.76. The lowest BCUT2D eigenvalue weighted by molar-refractivity contribution is -0.162. The minimum atomic E-state index is -1.57. The predicted molar refractivity (Wildman–Crippen MR) is 53.3 cm³/mol. The Balaban J connectivity index is 3.95. The van der Waals surface area contributed by atoms with E-state index in [1.807, 2.05) is 13.8 Å². The van der Waals surface area contributed by atoms with Gasteiger partial charge in [0.05, 0.1) is 12.5 Å². The number of hydrogen-bond acceptors (Lipinski definition) is 4. The Morgan fingerprint density at radius 1 is 1.27 bits per heavy atom. The van der Waals surface area contributed by atoms with Gasteiger partial charge in [0.15, 0.2) is 6.10 Å². The topological polar surface area (TPSA) is 83.8 Å². The normalized spacial score (nSPS) is 14.7. The van der Waals surface area contributed by atoms with E-state index in [9.17, 15) is 9.59 Å². The first-order chi connectivity index (χ1) is 6.82. The molecule has 0 aromatic rings. The van der Waals surface area contributed by atoms with E-state index in [1.165, 1.54) is 0 Å². The van der Waals surface area contributed by atoms with Crippen LogP contribution < -0.4 is 0 Å². The Bertz CT molecular complexity index is 224. The molecule has 0 rings (SSSR count). The zero-order chi connectivity index (χ0) is 12.0. The highest BCUT2D eigenvalue weighted by Crippen LogP contribution is 2.09. The van der Waals surface area contributed by atoms with Crippen molar-refractivity contribution in [2.75, 3.05) is 0 Å². The van der Waals surface area contributed by atoms with E-state index >= 15 is 0 Å². The smallest absolute Gasteiger partial charge is 0.335 e. The third kappa shape index (κ3) is 6.90. The molecule has 5 nitrogen and oxygen atoms in total. The standard InChI is InChI=1S/C10H18O5/c1-6(2)4-7(3)15-10(14)8(11)5-9(12)13/h6-8,11H,4-5H2,1-3H3,(H,12,13). The number of carbonyl (C=O) groups excluding carboxylic acids is 1. The molecule has 0 radical (unpaired) electrons. The summed E-state index contributed by atoms with van der Waals surface area (Å²) in [6.07, 6.45) is -1.81. The molecule has 5 heteroatoms. The molecule has 0 amide bonds. The number of aliphatic hydroxyl groups excluding tert-OH is 1. The molecule has 15 heavy (non-hydrogen) atoms. The zero-order valence-corrected chi connectivity index (χ0v) is 9.27. The van der Waals surface area contributed by atoms with E-state index in [2.05, 4.69) is 0 Å². The van der Waals surface area contributed by atoms with Gasteiger partial charge in [0.2, 0.25) is 0 Å². The highest BCUT2D eigenvalue weighted by Gasteiger charge is 2.22. The lowest BCUT2D eigenvalue weighted by atomic mass is 10.1. The van der Waals surface area contributed by atoms with Crippen LogP contribution in [0, 0.1) is 5.92 Å². The van der Waals surface area contributed by atoms with Crippen LogP contribution in [0.3, 0.4) is 0 Å². The van der Waals surface area contributed by atoms with E-state index in [4.69, 9.17) is 14.9 Å². The minimum absolute atomic E-state index is 0.305. The van der Waals surface area contributed by atoms with Crippen molar-refractivity contribution in [3.05, 3.63) is 0 Å². The molecule has 0 saturated heterocycles. The maximum Gasteiger partial charge on any atom is 0.335 e. The van der Waals surface area contributed by atoms with Crippen molar-refractivity contribution in [1.29, 1.82) is 0 Å². The molecule has 0 spiro atoms. The fourth-order valence-corrected chi connectivity index (χ4v) is 1.24. The first kappa shape index (κ1) is 13.9. The van der Waals surface area contributed by atoms with Crippen molar-refractivity contribution in [1.82, 2.24) is 0 Å². The highest BCUT2D eigenvalue weighted by atomic mass is 16.6. The molecule has 0 heterocycles. The second-order valence-electron chi connectivity index (χ2n) is 3.99. The van der Waals surface area contributed by atoms with Crippen LogP contribution in [-0.2, 0) is 14.3 Å². The van der Waals surface area contributed by atoms with E-state index in [0.717, 1.165) is 0 Å². The Morgan fingerprint density at radius 2 is 1.80 bits per heavy atom. The lowest BCUT2D eigenvalue weighted by Crippen LogP contribution is -2.29. The summed E-state index contributed by atoms with van der Waals surface area (Å²) in [7, 11) is 0. The van der Waals surface area contributed by atoms with Gasteiger partial charge in [-0.15, -0.1) is 0 Å². The van der Waals surface area contributed by atoms with Crippen LogP contribution >= 0.6 is 0 Å². The van der Waals surface area contributed by atoms with Gasteiger partial charge in [-0.1, -0.05) is 13.8 Å². The highest BCUT2D eigenvalue weighted by molar-refractivity contribution is 5.80. The summed E-state index contributed by atoms with van der Waals surface area (Å²) in [4.78, 5) is 21.3. The lowest BCUT2D eigenvalue weighted by Gasteiger charge is -2.16. The number of carboxylic acid groups (broad SMARTS) is 1. The van der Waals surface area contributed by atoms with Crippen LogP contribution in [0.4, 0.5) is 0 Å². The summed E-state index contributed by atoms with van der Waals surface area (Å²) in [5.74, 6) is -1.72. The number of aliphatic carboxylic acids is 1. The molecular weight excluding hydrogens is 200 g/mol. The minimum Gasteiger partial charge on any atom is -0.481 e. The van der Waals surface area contributed by atoms with Gasteiger partial charge in [-0.05, 0) is 19.3 Å². The quantitative estimate of drug-likeness (QED) is 0.644. The number of ether oxygens (including phenoxy) is 1. The van der Waals surface area contributed by atoms with Crippen molar-refractivity contribution in [3.63, 3.8) is 0 Å². The Hall–Kier alpha value is -1.10. The average molecular weight is 218 g/mol. The average Bonchev–Trinajstić information content (AvgIpc) is 2.00. The molecule has 0 aliphatic carbocycles. The van der Waals surface area contributed by atoms with Crippen LogP contribution in [0.1, 0.15) is 33.6 Å².